The van der Waals surface area contributed by atoms with E-state index in [9.17, 15) is 0 Å². The van der Waals surface area contributed by atoms with Crippen LogP contribution in [0.1, 0.15) is 40.0 Å². The van der Waals surface area contributed by atoms with Gasteiger partial charge in [0.2, 0.25) is 0 Å². The van der Waals surface area contributed by atoms with Crippen molar-refractivity contribution in [2.75, 3.05) is 40.3 Å². The van der Waals surface area contributed by atoms with Gasteiger partial charge in [-0.2, -0.15) is 0 Å². The molecule has 1 heterocycles. The molecule has 18 heavy (non-hydrogen) atoms. The first-order valence-electron chi connectivity index (χ1n) is 7.70. The fourth-order valence-electron chi connectivity index (χ4n) is 2.89. The van der Waals surface area contributed by atoms with E-state index in [1.54, 1.807) is 0 Å². The molecule has 0 aromatic rings. The maximum absolute atomic E-state index is 3.66. The molecule has 0 bridgehead atoms. The van der Waals surface area contributed by atoms with Gasteiger partial charge in [-0.1, -0.05) is 27.2 Å². The first kappa shape index (κ1) is 15.9. The van der Waals surface area contributed by atoms with E-state index in [-0.39, 0.29) is 0 Å². The third-order valence-corrected chi connectivity index (χ3v) is 4.59. The highest BCUT2D eigenvalue weighted by molar-refractivity contribution is 4.82. The molecule has 0 amide bonds. The summed E-state index contributed by atoms with van der Waals surface area (Å²) in [6.45, 7) is 11.7. The molecule has 1 aliphatic heterocycles. The number of likely N-dealkylation sites (tertiary alicyclic amines) is 1. The van der Waals surface area contributed by atoms with Crippen LogP contribution in [0.2, 0.25) is 0 Å². The Balaban J connectivity index is 2.42. The van der Waals surface area contributed by atoms with E-state index >= 15 is 0 Å². The molecule has 0 saturated carbocycles. The third kappa shape index (κ3) is 4.87. The first-order chi connectivity index (χ1) is 8.58. The fourth-order valence-corrected chi connectivity index (χ4v) is 2.89. The van der Waals surface area contributed by atoms with Crippen LogP contribution in [0.5, 0.6) is 0 Å². The van der Waals surface area contributed by atoms with E-state index in [1.165, 1.54) is 38.9 Å². The lowest BCUT2D eigenvalue weighted by Gasteiger charge is -2.38. The fraction of sp³-hybridized carbons (Fsp3) is 1.00. The highest BCUT2D eigenvalue weighted by Gasteiger charge is 2.24. The van der Waals surface area contributed by atoms with Crippen molar-refractivity contribution in [2.45, 2.75) is 52.1 Å². The zero-order valence-corrected chi connectivity index (χ0v) is 13.1. The summed E-state index contributed by atoms with van der Waals surface area (Å²) in [7, 11) is 4.54. The lowest BCUT2D eigenvalue weighted by Crippen LogP contribution is -2.49. The van der Waals surface area contributed by atoms with Crippen LogP contribution in [0.25, 0.3) is 0 Å². The normalized spacial score (nSPS) is 22.3. The molecule has 3 nitrogen and oxygen atoms in total. The van der Waals surface area contributed by atoms with Crippen molar-refractivity contribution >= 4 is 0 Å². The maximum Gasteiger partial charge on any atom is 0.0220 e. The topological polar surface area (TPSA) is 18.5 Å². The zero-order valence-electron chi connectivity index (χ0n) is 13.1. The monoisotopic (exact) mass is 255 g/mol. The van der Waals surface area contributed by atoms with Gasteiger partial charge in [0.1, 0.15) is 0 Å². The van der Waals surface area contributed by atoms with Crippen LogP contribution in [0.4, 0.5) is 0 Å². The van der Waals surface area contributed by atoms with Crippen LogP contribution in [-0.2, 0) is 0 Å². The average molecular weight is 255 g/mol. The average Bonchev–Trinajstić information content (AvgIpc) is 2.38. The van der Waals surface area contributed by atoms with Gasteiger partial charge in [-0.15, -0.1) is 0 Å². The number of nitrogens with zero attached hydrogens (tertiary/aromatic N) is 2. The van der Waals surface area contributed by atoms with E-state index in [0.29, 0.717) is 6.04 Å². The van der Waals surface area contributed by atoms with Gasteiger partial charge in [-0.3, -0.25) is 0 Å². The predicted molar refractivity (Wildman–Crippen MR) is 80.1 cm³/mol. The highest BCUT2D eigenvalue weighted by Crippen LogP contribution is 2.16. The van der Waals surface area contributed by atoms with Gasteiger partial charge in [0.25, 0.3) is 0 Å². The zero-order chi connectivity index (χ0) is 13.5. The molecule has 2 atom stereocenters. The van der Waals surface area contributed by atoms with E-state index in [0.717, 1.165) is 18.5 Å². The number of likely N-dealkylation sites (N-methyl/N-ethyl adjacent to an activating group) is 2. The second kappa shape index (κ2) is 8.13. The smallest absolute Gasteiger partial charge is 0.0220 e. The third-order valence-electron chi connectivity index (χ3n) is 4.59. The number of hydrogen-bond donors (Lipinski definition) is 1. The Morgan fingerprint density at radius 1 is 1.28 bits per heavy atom. The molecule has 0 aromatic carbocycles. The molecule has 0 spiro atoms. The minimum atomic E-state index is 0.643. The number of rotatable bonds is 7. The Morgan fingerprint density at radius 2 is 1.89 bits per heavy atom. The van der Waals surface area contributed by atoms with Gasteiger partial charge in [0, 0.05) is 18.6 Å². The van der Waals surface area contributed by atoms with Gasteiger partial charge < -0.3 is 15.1 Å². The quantitative estimate of drug-likeness (QED) is 0.751. The molecule has 2 unspecified atom stereocenters. The minimum absolute atomic E-state index is 0.643. The summed E-state index contributed by atoms with van der Waals surface area (Å²) in [6, 6.07) is 1.43. The van der Waals surface area contributed by atoms with Crippen molar-refractivity contribution in [1.82, 2.24) is 15.1 Å². The second-order valence-corrected chi connectivity index (χ2v) is 6.02. The van der Waals surface area contributed by atoms with Gasteiger partial charge >= 0.3 is 0 Å². The Morgan fingerprint density at radius 3 is 2.39 bits per heavy atom. The van der Waals surface area contributed by atoms with Gasteiger partial charge in [0.15, 0.2) is 0 Å². The SMILES string of the molecule is CCNC(CN(C)C1CCN(C)CC1)C(C)CC. The lowest BCUT2D eigenvalue weighted by molar-refractivity contribution is 0.125. The van der Waals surface area contributed by atoms with Crippen molar-refractivity contribution in [3.05, 3.63) is 0 Å². The number of piperidine rings is 1. The standard InChI is InChI=1S/C15H33N3/c1-6-13(3)15(16-7-2)12-18(5)14-8-10-17(4)11-9-14/h13-16H,6-12H2,1-5H3. The molecule has 0 aliphatic carbocycles. The molecular formula is C15H33N3. The van der Waals surface area contributed by atoms with Gasteiger partial charge in [-0.25, -0.2) is 0 Å². The summed E-state index contributed by atoms with van der Waals surface area (Å²) in [4.78, 5) is 5.03. The molecule has 1 rings (SSSR count). The van der Waals surface area contributed by atoms with Crippen LogP contribution in [-0.4, -0.2) is 62.2 Å². The van der Waals surface area contributed by atoms with Crippen LogP contribution >= 0.6 is 0 Å². The number of nitrogens with one attached hydrogen (secondary N) is 1. The maximum atomic E-state index is 3.66. The van der Waals surface area contributed by atoms with Crippen LogP contribution in [0.15, 0.2) is 0 Å². The number of hydrogen-bond acceptors (Lipinski definition) is 3. The Hall–Kier alpha value is -0.120. The molecule has 1 fully saturated rings. The van der Waals surface area contributed by atoms with Crippen LogP contribution in [0.3, 0.4) is 0 Å². The van der Waals surface area contributed by atoms with Gasteiger partial charge in [-0.05, 0) is 52.5 Å². The van der Waals surface area contributed by atoms with Crippen molar-refractivity contribution in [3.63, 3.8) is 0 Å². The van der Waals surface area contributed by atoms with E-state index in [1.807, 2.05) is 0 Å². The first-order valence-corrected chi connectivity index (χ1v) is 7.70. The Labute approximate surface area is 114 Å². The summed E-state index contributed by atoms with van der Waals surface area (Å²) in [5.74, 6) is 0.763. The molecule has 0 radical (unpaired) electrons. The summed E-state index contributed by atoms with van der Waals surface area (Å²) < 4.78 is 0. The van der Waals surface area contributed by atoms with Crippen LogP contribution in [0, 0.1) is 5.92 Å². The van der Waals surface area contributed by atoms with E-state index in [4.69, 9.17) is 0 Å². The molecule has 1 N–H and O–H groups in total. The Bertz CT molecular complexity index is 212. The molecule has 1 saturated heterocycles. The predicted octanol–water partition coefficient (Wildman–Crippen LogP) is 2.04. The van der Waals surface area contributed by atoms with Crippen molar-refractivity contribution in [2.24, 2.45) is 5.92 Å². The largest absolute Gasteiger partial charge is 0.313 e. The second-order valence-electron chi connectivity index (χ2n) is 6.02. The molecule has 0 aromatic heterocycles. The van der Waals surface area contributed by atoms with E-state index in [2.05, 4.69) is 50.0 Å². The summed E-state index contributed by atoms with van der Waals surface area (Å²) >= 11 is 0. The van der Waals surface area contributed by atoms with Crippen molar-refractivity contribution in [3.8, 4) is 0 Å². The lowest BCUT2D eigenvalue weighted by atomic mass is 9.97. The van der Waals surface area contributed by atoms with Gasteiger partial charge in [0.05, 0.1) is 0 Å². The Kier molecular flexibility index (Phi) is 7.20. The van der Waals surface area contributed by atoms with Crippen molar-refractivity contribution < 1.29 is 0 Å². The minimum Gasteiger partial charge on any atom is -0.313 e. The molecular weight excluding hydrogens is 222 g/mol. The summed E-state index contributed by atoms with van der Waals surface area (Å²) in [6.07, 6.45) is 3.91. The molecule has 108 valence electrons. The van der Waals surface area contributed by atoms with Crippen molar-refractivity contribution in [1.29, 1.82) is 0 Å². The summed E-state index contributed by atoms with van der Waals surface area (Å²) in [5, 5.41) is 3.66. The molecule has 3 heteroatoms. The highest BCUT2D eigenvalue weighted by atomic mass is 15.2. The molecule has 1 aliphatic rings. The van der Waals surface area contributed by atoms with Crippen LogP contribution < -0.4 is 5.32 Å². The van der Waals surface area contributed by atoms with E-state index < -0.39 is 0 Å². The summed E-state index contributed by atoms with van der Waals surface area (Å²) in [5.41, 5.74) is 0.